The Bertz CT molecular complexity index is 553. The fourth-order valence-electron chi connectivity index (χ4n) is 2.07. The summed E-state index contributed by atoms with van der Waals surface area (Å²) in [5.41, 5.74) is 8.99. The van der Waals surface area contributed by atoms with Gasteiger partial charge in [-0.3, -0.25) is 0 Å². The zero-order valence-electron chi connectivity index (χ0n) is 13.5. The Morgan fingerprint density at radius 3 is 2.50 bits per heavy atom. The SMILES string of the molecule is C=C/C=C(C(=O)OCCCC)\C(=C/C)c1ccc(CN)cc1. The van der Waals surface area contributed by atoms with Crippen molar-refractivity contribution in [1.82, 2.24) is 0 Å². The Hall–Kier alpha value is -2.13. The third-order valence-corrected chi connectivity index (χ3v) is 3.31. The summed E-state index contributed by atoms with van der Waals surface area (Å²) in [6.45, 7) is 8.59. The quantitative estimate of drug-likeness (QED) is 0.341. The van der Waals surface area contributed by atoms with Crippen LogP contribution in [0.1, 0.15) is 37.8 Å². The van der Waals surface area contributed by atoms with Crippen LogP contribution in [0.2, 0.25) is 0 Å². The molecule has 0 saturated carbocycles. The molecular weight excluding hydrogens is 274 g/mol. The lowest BCUT2D eigenvalue weighted by molar-refractivity contribution is -0.138. The molecule has 0 radical (unpaired) electrons. The van der Waals surface area contributed by atoms with Crippen LogP contribution in [0, 0.1) is 0 Å². The predicted molar refractivity (Wildman–Crippen MR) is 92.1 cm³/mol. The first-order valence-electron chi connectivity index (χ1n) is 7.63. The molecule has 1 rings (SSSR count). The number of unbranched alkanes of at least 4 members (excludes halogenated alkanes) is 1. The van der Waals surface area contributed by atoms with Crippen LogP contribution in [0.3, 0.4) is 0 Å². The molecule has 0 fully saturated rings. The maximum absolute atomic E-state index is 12.3. The van der Waals surface area contributed by atoms with E-state index in [-0.39, 0.29) is 5.97 Å². The lowest BCUT2D eigenvalue weighted by Crippen LogP contribution is -2.10. The highest BCUT2D eigenvalue weighted by Gasteiger charge is 2.16. The molecule has 0 aliphatic rings. The average Bonchev–Trinajstić information content (AvgIpc) is 2.55. The lowest BCUT2D eigenvalue weighted by Gasteiger charge is -2.12. The molecule has 0 spiro atoms. The first-order chi connectivity index (χ1) is 10.7. The van der Waals surface area contributed by atoms with Crippen LogP contribution in [0.15, 0.2) is 54.6 Å². The van der Waals surface area contributed by atoms with Crippen molar-refractivity contribution in [2.75, 3.05) is 6.61 Å². The van der Waals surface area contributed by atoms with Gasteiger partial charge in [0.1, 0.15) is 0 Å². The van der Waals surface area contributed by atoms with E-state index in [1.807, 2.05) is 37.3 Å². The Labute approximate surface area is 133 Å². The van der Waals surface area contributed by atoms with Gasteiger partial charge in [-0.15, -0.1) is 0 Å². The molecule has 0 heterocycles. The van der Waals surface area contributed by atoms with Crippen LogP contribution in [-0.4, -0.2) is 12.6 Å². The standard InChI is InChI=1S/C19H25NO2/c1-4-7-13-22-19(21)18(8-5-2)17(6-3)16-11-9-15(14-20)10-12-16/h5-6,8-12H,2,4,7,13-14,20H2,1,3H3/b17-6-,18-8+. The molecule has 0 aromatic heterocycles. The number of ether oxygens (including phenoxy) is 1. The molecule has 1 aromatic rings. The van der Waals surface area contributed by atoms with Gasteiger partial charge in [-0.1, -0.05) is 56.3 Å². The third kappa shape index (κ3) is 5.01. The monoisotopic (exact) mass is 299 g/mol. The Kier molecular flexibility index (Phi) is 7.94. The summed E-state index contributed by atoms with van der Waals surface area (Å²) in [6, 6.07) is 7.86. The summed E-state index contributed by atoms with van der Waals surface area (Å²) in [5, 5.41) is 0. The second kappa shape index (κ2) is 9.74. The summed E-state index contributed by atoms with van der Waals surface area (Å²) in [4.78, 5) is 12.3. The molecule has 0 aliphatic carbocycles. The summed E-state index contributed by atoms with van der Waals surface area (Å²) in [6.07, 6.45) is 7.07. The van der Waals surface area contributed by atoms with Crippen molar-refractivity contribution < 1.29 is 9.53 Å². The van der Waals surface area contributed by atoms with Crippen LogP contribution >= 0.6 is 0 Å². The molecule has 0 aliphatic heterocycles. The molecular formula is C19H25NO2. The topological polar surface area (TPSA) is 52.3 Å². The molecule has 0 bridgehead atoms. The summed E-state index contributed by atoms with van der Waals surface area (Å²) >= 11 is 0. The number of carbonyl (C=O) groups excluding carboxylic acids is 1. The van der Waals surface area contributed by atoms with Gasteiger partial charge in [0.2, 0.25) is 0 Å². The molecule has 3 nitrogen and oxygen atoms in total. The van der Waals surface area contributed by atoms with E-state index in [1.165, 1.54) is 0 Å². The second-order valence-corrected chi connectivity index (χ2v) is 4.91. The van der Waals surface area contributed by atoms with Gasteiger partial charge in [-0.25, -0.2) is 4.79 Å². The molecule has 3 heteroatoms. The summed E-state index contributed by atoms with van der Waals surface area (Å²) < 4.78 is 5.33. The molecule has 0 amide bonds. The highest BCUT2D eigenvalue weighted by molar-refractivity contribution is 6.06. The van der Waals surface area contributed by atoms with Crippen LogP contribution in [-0.2, 0) is 16.1 Å². The van der Waals surface area contributed by atoms with Gasteiger partial charge < -0.3 is 10.5 Å². The maximum atomic E-state index is 12.3. The average molecular weight is 299 g/mol. The third-order valence-electron chi connectivity index (χ3n) is 3.31. The number of hydrogen-bond acceptors (Lipinski definition) is 3. The Morgan fingerprint density at radius 1 is 1.32 bits per heavy atom. The van der Waals surface area contributed by atoms with Crippen molar-refractivity contribution in [3.8, 4) is 0 Å². The van der Waals surface area contributed by atoms with E-state index in [2.05, 4.69) is 13.5 Å². The van der Waals surface area contributed by atoms with Crippen molar-refractivity contribution in [3.63, 3.8) is 0 Å². The van der Waals surface area contributed by atoms with Gasteiger partial charge in [-0.05, 0) is 36.1 Å². The van der Waals surface area contributed by atoms with E-state index in [0.717, 1.165) is 29.5 Å². The highest BCUT2D eigenvalue weighted by atomic mass is 16.5. The summed E-state index contributed by atoms with van der Waals surface area (Å²) in [5.74, 6) is -0.315. The van der Waals surface area contributed by atoms with Crippen molar-refractivity contribution >= 4 is 11.5 Å². The highest BCUT2D eigenvalue weighted by Crippen LogP contribution is 2.25. The van der Waals surface area contributed by atoms with Gasteiger partial charge >= 0.3 is 5.97 Å². The first-order valence-corrected chi connectivity index (χ1v) is 7.63. The molecule has 22 heavy (non-hydrogen) atoms. The first kappa shape index (κ1) is 17.9. The van der Waals surface area contributed by atoms with Crippen LogP contribution in [0.5, 0.6) is 0 Å². The zero-order chi connectivity index (χ0) is 16.4. The number of allylic oxidation sites excluding steroid dienone is 3. The van der Waals surface area contributed by atoms with E-state index >= 15 is 0 Å². The number of carbonyl (C=O) groups is 1. The minimum absolute atomic E-state index is 0.315. The number of nitrogens with two attached hydrogens (primary N) is 1. The van der Waals surface area contributed by atoms with Crippen molar-refractivity contribution in [1.29, 1.82) is 0 Å². The lowest BCUT2D eigenvalue weighted by atomic mass is 9.96. The number of rotatable bonds is 8. The van der Waals surface area contributed by atoms with Crippen molar-refractivity contribution in [2.45, 2.75) is 33.2 Å². The number of benzene rings is 1. The summed E-state index contributed by atoms with van der Waals surface area (Å²) in [7, 11) is 0. The minimum Gasteiger partial charge on any atom is -0.462 e. The normalized spacial score (nSPS) is 12.1. The van der Waals surface area contributed by atoms with Gasteiger partial charge in [0.05, 0.1) is 12.2 Å². The number of esters is 1. The van der Waals surface area contributed by atoms with Gasteiger partial charge in [0.25, 0.3) is 0 Å². The largest absolute Gasteiger partial charge is 0.462 e. The van der Waals surface area contributed by atoms with Crippen LogP contribution in [0.25, 0.3) is 5.57 Å². The van der Waals surface area contributed by atoms with Crippen molar-refractivity contribution in [2.24, 2.45) is 5.73 Å². The second-order valence-electron chi connectivity index (χ2n) is 4.91. The van der Waals surface area contributed by atoms with Crippen LogP contribution < -0.4 is 5.73 Å². The van der Waals surface area contributed by atoms with Gasteiger partial charge in [0, 0.05) is 6.54 Å². The molecule has 0 atom stereocenters. The van der Waals surface area contributed by atoms with E-state index in [0.29, 0.717) is 18.7 Å². The van der Waals surface area contributed by atoms with Gasteiger partial charge in [0.15, 0.2) is 0 Å². The van der Waals surface area contributed by atoms with Crippen molar-refractivity contribution in [3.05, 3.63) is 65.8 Å². The Morgan fingerprint density at radius 2 is 2.00 bits per heavy atom. The molecule has 1 aromatic carbocycles. The fraction of sp³-hybridized carbons (Fsp3) is 0.316. The van der Waals surface area contributed by atoms with E-state index in [9.17, 15) is 4.79 Å². The van der Waals surface area contributed by atoms with Gasteiger partial charge in [-0.2, -0.15) is 0 Å². The maximum Gasteiger partial charge on any atom is 0.338 e. The number of hydrogen-bond donors (Lipinski definition) is 1. The fourth-order valence-corrected chi connectivity index (χ4v) is 2.07. The minimum atomic E-state index is -0.315. The Balaban J connectivity index is 3.03. The predicted octanol–water partition coefficient (Wildman–Crippen LogP) is 4.00. The molecule has 118 valence electrons. The molecule has 0 saturated heterocycles. The smallest absolute Gasteiger partial charge is 0.338 e. The molecule has 0 unspecified atom stereocenters. The zero-order valence-corrected chi connectivity index (χ0v) is 13.5. The van der Waals surface area contributed by atoms with E-state index in [1.54, 1.807) is 12.2 Å². The molecule has 2 N–H and O–H groups in total. The van der Waals surface area contributed by atoms with E-state index < -0.39 is 0 Å². The van der Waals surface area contributed by atoms with Crippen LogP contribution in [0.4, 0.5) is 0 Å². The van der Waals surface area contributed by atoms with E-state index in [4.69, 9.17) is 10.5 Å².